The molecule has 8 heteroatoms. The summed E-state index contributed by atoms with van der Waals surface area (Å²) in [6, 6.07) is 11.4. The van der Waals surface area contributed by atoms with E-state index >= 15 is 0 Å². The molecule has 152 valence electrons. The lowest BCUT2D eigenvalue weighted by Crippen LogP contribution is -2.32. The number of aromatic nitrogens is 2. The average molecular weight is 403 g/mol. The molecule has 0 aliphatic heterocycles. The van der Waals surface area contributed by atoms with E-state index < -0.39 is 23.7 Å². The molecule has 0 saturated carbocycles. The second kappa shape index (κ2) is 8.38. The third-order valence-corrected chi connectivity index (χ3v) is 4.49. The van der Waals surface area contributed by atoms with Crippen LogP contribution in [0.2, 0.25) is 0 Å². The van der Waals surface area contributed by atoms with Gasteiger partial charge in [-0.3, -0.25) is 4.79 Å². The zero-order valence-electron chi connectivity index (χ0n) is 15.9. The Labute approximate surface area is 166 Å². The highest BCUT2D eigenvalue weighted by Crippen LogP contribution is 2.30. The predicted octanol–water partition coefficient (Wildman–Crippen LogP) is 3.90. The number of carbonyl (C=O) groups is 1. The number of rotatable bonds is 6. The summed E-state index contributed by atoms with van der Waals surface area (Å²) in [5.41, 5.74) is 0.279. The molecular weight excluding hydrogens is 383 g/mol. The third kappa shape index (κ3) is 4.96. The quantitative estimate of drug-likeness (QED) is 0.679. The van der Waals surface area contributed by atoms with E-state index in [2.05, 4.69) is 10.3 Å². The first kappa shape index (κ1) is 20.4. The summed E-state index contributed by atoms with van der Waals surface area (Å²) in [6.45, 7) is 0. The predicted molar refractivity (Wildman–Crippen MR) is 101 cm³/mol. The molecular formula is C21H20F3N3O2. The number of benzene rings is 2. The normalized spacial score (nSPS) is 12.4. The third-order valence-electron chi connectivity index (χ3n) is 4.49. The van der Waals surface area contributed by atoms with Gasteiger partial charge in [-0.15, -0.1) is 0 Å². The van der Waals surface area contributed by atoms with Crippen molar-refractivity contribution in [3.05, 3.63) is 83.4 Å². The van der Waals surface area contributed by atoms with E-state index in [1.165, 1.54) is 12.1 Å². The van der Waals surface area contributed by atoms with Gasteiger partial charge in [-0.05, 0) is 29.3 Å². The Morgan fingerprint density at radius 2 is 1.93 bits per heavy atom. The maximum absolute atomic E-state index is 12.9. The molecule has 0 saturated heterocycles. The lowest BCUT2D eigenvalue weighted by atomic mass is 10.0. The van der Waals surface area contributed by atoms with Crippen molar-refractivity contribution in [2.75, 3.05) is 7.11 Å². The number of nitrogens with one attached hydrogen (secondary N) is 1. The molecule has 0 spiro atoms. The Morgan fingerprint density at radius 3 is 2.52 bits per heavy atom. The SMILES string of the molecule is COc1ccc([C@@H](NC(=O)Cc2cccc(C(F)(F)F)c2)c2nccn2C)cc1. The zero-order valence-corrected chi connectivity index (χ0v) is 15.9. The minimum absolute atomic E-state index is 0.180. The minimum atomic E-state index is -4.45. The number of ether oxygens (including phenoxy) is 1. The smallest absolute Gasteiger partial charge is 0.416 e. The number of hydrogen-bond acceptors (Lipinski definition) is 3. The number of halogens is 3. The first-order chi connectivity index (χ1) is 13.8. The molecule has 1 amide bonds. The van der Waals surface area contributed by atoms with Crippen LogP contribution in [0.4, 0.5) is 13.2 Å². The summed E-state index contributed by atoms with van der Waals surface area (Å²) in [4.78, 5) is 16.9. The Kier molecular flexibility index (Phi) is 5.91. The van der Waals surface area contributed by atoms with Crippen LogP contribution in [0, 0.1) is 0 Å². The summed E-state index contributed by atoms with van der Waals surface area (Å²) < 4.78 is 45.7. The van der Waals surface area contributed by atoms with Crippen molar-refractivity contribution in [2.24, 2.45) is 7.05 Å². The molecule has 3 rings (SSSR count). The van der Waals surface area contributed by atoms with Crippen LogP contribution in [0.25, 0.3) is 0 Å². The Bertz CT molecular complexity index is 981. The molecule has 29 heavy (non-hydrogen) atoms. The van der Waals surface area contributed by atoms with Crippen molar-refractivity contribution in [3.63, 3.8) is 0 Å². The van der Waals surface area contributed by atoms with Gasteiger partial charge in [0.2, 0.25) is 5.91 Å². The van der Waals surface area contributed by atoms with E-state index in [9.17, 15) is 18.0 Å². The van der Waals surface area contributed by atoms with Crippen LogP contribution in [-0.2, 0) is 24.4 Å². The number of methoxy groups -OCH3 is 1. The number of carbonyl (C=O) groups excluding carboxylic acids is 1. The van der Waals surface area contributed by atoms with E-state index in [0.29, 0.717) is 11.6 Å². The molecule has 3 aromatic rings. The largest absolute Gasteiger partial charge is 0.497 e. The van der Waals surface area contributed by atoms with Gasteiger partial charge in [0, 0.05) is 19.4 Å². The number of amides is 1. The lowest BCUT2D eigenvalue weighted by Gasteiger charge is -2.20. The number of alkyl halides is 3. The topological polar surface area (TPSA) is 56.1 Å². The van der Waals surface area contributed by atoms with Gasteiger partial charge in [0.15, 0.2) is 0 Å². The lowest BCUT2D eigenvalue weighted by molar-refractivity contribution is -0.137. The van der Waals surface area contributed by atoms with Crippen molar-refractivity contribution in [1.82, 2.24) is 14.9 Å². The standard InChI is InChI=1S/C21H20F3N3O2/c1-27-11-10-25-20(27)19(15-6-8-17(29-2)9-7-15)26-18(28)13-14-4-3-5-16(12-14)21(22,23)24/h3-12,19H,13H2,1-2H3,(H,26,28)/t19-/m1/s1. The first-order valence-corrected chi connectivity index (χ1v) is 8.84. The zero-order chi connectivity index (χ0) is 21.0. The van der Waals surface area contributed by atoms with Gasteiger partial charge >= 0.3 is 6.18 Å². The van der Waals surface area contributed by atoms with Crippen LogP contribution >= 0.6 is 0 Å². The summed E-state index contributed by atoms with van der Waals surface area (Å²) in [6.07, 6.45) is -1.26. The van der Waals surface area contributed by atoms with Gasteiger partial charge in [-0.1, -0.05) is 30.3 Å². The van der Waals surface area contributed by atoms with Crippen LogP contribution in [0.1, 0.15) is 28.6 Å². The van der Waals surface area contributed by atoms with Gasteiger partial charge in [0.1, 0.15) is 17.6 Å². The number of nitrogens with zero attached hydrogens (tertiary/aromatic N) is 2. The molecule has 0 bridgehead atoms. The monoisotopic (exact) mass is 403 g/mol. The van der Waals surface area contributed by atoms with E-state index in [4.69, 9.17) is 4.74 Å². The van der Waals surface area contributed by atoms with Crippen LogP contribution in [0.5, 0.6) is 5.75 Å². The van der Waals surface area contributed by atoms with Crippen molar-refractivity contribution in [1.29, 1.82) is 0 Å². The highest BCUT2D eigenvalue weighted by Gasteiger charge is 2.30. The van der Waals surface area contributed by atoms with Crippen molar-refractivity contribution >= 4 is 5.91 Å². The highest BCUT2D eigenvalue weighted by molar-refractivity contribution is 5.79. The molecule has 0 unspecified atom stereocenters. The average Bonchev–Trinajstić information content (AvgIpc) is 3.11. The van der Waals surface area contributed by atoms with Crippen LogP contribution in [-0.4, -0.2) is 22.6 Å². The summed E-state index contributed by atoms with van der Waals surface area (Å²) in [5.74, 6) is 0.864. The summed E-state index contributed by atoms with van der Waals surface area (Å²) in [7, 11) is 3.36. The second-order valence-corrected chi connectivity index (χ2v) is 6.54. The van der Waals surface area contributed by atoms with Gasteiger partial charge < -0.3 is 14.6 Å². The Balaban J connectivity index is 1.82. The second-order valence-electron chi connectivity index (χ2n) is 6.54. The maximum Gasteiger partial charge on any atom is 0.416 e. The van der Waals surface area contributed by atoms with Gasteiger partial charge in [-0.2, -0.15) is 13.2 Å². The molecule has 0 fully saturated rings. The first-order valence-electron chi connectivity index (χ1n) is 8.84. The van der Waals surface area contributed by atoms with Crippen molar-refractivity contribution in [3.8, 4) is 5.75 Å². The van der Waals surface area contributed by atoms with Crippen LogP contribution in [0.3, 0.4) is 0 Å². The summed E-state index contributed by atoms with van der Waals surface area (Å²) >= 11 is 0. The number of aryl methyl sites for hydroxylation is 1. The molecule has 0 radical (unpaired) electrons. The molecule has 5 nitrogen and oxygen atoms in total. The van der Waals surface area contributed by atoms with Crippen molar-refractivity contribution in [2.45, 2.75) is 18.6 Å². The van der Waals surface area contributed by atoms with Gasteiger partial charge in [0.25, 0.3) is 0 Å². The van der Waals surface area contributed by atoms with E-state index in [-0.39, 0.29) is 12.0 Å². The number of imidazole rings is 1. The fraction of sp³-hybridized carbons (Fsp3) is 0.238. The van der Waals surface area contributed by atoms with E-state index in [0.717, 1.165) is 17.7 Å². The van der Waals surface area contributed by atoms with Crippen molar-refractivity contribution < 1.29 is 22.7 Å². The Morgan fingerprint density at radius 1 is 1.21 bits per heavy atom. The molecule has 1 atom stereocenters. The molecule has 1 aromatic heterocycles. The van der Waals surface area contributed by atoms with E-state index in [1.807, 2.05) is 12.1 Å². The molecule has 2 aromatic carbocycles. The van der Waals surface area contributed by atoms with Crippen LogP contribution < -0.4 is 10.1 Å². The number of hydrogen-bond donors (Lipinski definition) is 1. The summed E-state index contributed by atoms with van der Waals surface area (Å²) in [5, 5.41) is 2.88. The highest BCUT2D eigenvalue weighted by atomic mass is 19.4. The van der Waals surface area contributed by atoms with Gasteiger partial charge in [0.05, 0.1) is 19.1 Å². The van der Waals surface area contributed by atoms with Gasteiger partial charge in [-0.25, -0.2) is 4.98 Å². The molecule has 0 aliphatic rings. The molecule has 0 aliphatic carbocycles. The van der Waals surface area contributed by atoms with E-state index in [1.54, 1.807) is 43.3 Å². The fourth-order valence-electron chi connectivity index (χ4n) is 3.00. The Hall–Kier alpha value is -3.29. The fourth-order valence-corrected chi connectivity index (χ4v) is 3.00. The maximum atomic E-state index is 12.9. The molecule has 1 heterocycles. The van der Waals surface area contributed by atoms with Crippen LogP contribution in [0.15, 0.2) is 60.9 Å². The minimum Gasteiger partial charge on any atom is -0.497 e. The molecule has 1 N–H and O–H groups in total.